The zero-order valence-electron chi connectivity index (χ0n) is 33.9. The van der Waals surface area contributed by atoms with Crippen LogP contribution in [0.5, 0.6) is 11.5 Å². The van der Waals surface area contributed by atoms with Crippen LogP contribution in [0.3, 0.4) is 0 Å². The van der Waals surface area contributed by atoms with E-state index in [1.165, 1.54) is 18.2 Å². The fourth-order valence-corrected chi connectivity index (χ4v) is 7.52. The SMILES string of the molecule is C.CCCCCC(=O)NS(=O)(=O)c1ccccc1NC(=O)c1cccc(OCc2ccc(Cl)cc2)c1.NOOSc1ccccc1NC(=O)c1cccc(OCc2ccc(Cl)cc2)c1. The van der Waals surface area contributed by atoms with Crippen molar-refractivity contribution in [2.75, 3.05) is 10.6 Å². The van der Waals surface area contributed by atoms with Gasteiger partial charge in [-0.1, -0.05) is 111 Å². The van der Waals surface area contributed by atoms with E-state index < -0.39 is 21.8 Å². The van der Waals surface area contributed by atoms with Gasteiger partial charge in [-0.2, -0.15) is 5.90 Å². The number of unbranched alkanes of at least 4 members (excludes halogenated alkanes) is 2. The highest BCUT2D eigenvalue weighted by molar-refractivity contribution is 7.94. The summed E-state index contributed by atoms with van der Waals surface area (Å²) in [6, 6.07) is 41.2. The van der Waals surface area contributed by atoms with Crippen LogP contribution in [0.4, 0.5) is 11.4 Å². The molecule has 0 aliphatic rings. The number of carbonyl (C=O) groups is 3. The van der Waals surface area contributed by atoms with Crippen molar-refractivity contribution in [1.29, 1.82) is 0 Å². The van der Waals surface area contributed by atoms with Gasteiger partial charge in [0.25, 0.3) is 21.8 Å². The van der Waals surface area contributed by atoms with E-state index in [1.807, 2.05) is 37.3 Å². The van der Waals surface area contributed by atoms with Crippen LogP contribution < -0.4 is 30.7 Å². The lowest BCUT2D eigenvalue weighted by molar-refractivity contribution is -0.195. The van der Waals surface area contributed by atoms with E-state index in [9.17, 15) is 22.8 Å². The molecule has 17 heteroatoms. The molecule has 0 bridgehead atoms. The number of ether oxygens (including phenoxy) is 2. The molecule has 0 radical (unpaired) electrons. The van der Waals surface area contributed by atoms with E-state index in [4.69, 9.17) is 38.6 Å². The molecule has 0 aromatic heterocycles. The van der Waals surface area contributed by atoms with Crippen molar-refractivity contribution in [2.45, 2.75) is 63.0 Å². The number of hydrogen-bond donors (Lipinski definition) is 4. The minimum absolute atomic E-state index is 0. The van der Waals surface area contributed by atoms with Crippen molar-refractivity contribution >= 4 is 74.4 Å². The topological polar surface area (TPSA) is 184 Å². The van der Waals surface area contributed by atoms with Crippen LogP contribution in [0.25, 0.3) is 0 Å². The number of halogens is 2. The van der Waals surface area contributed by atoms with Crippen molar-refractivity contribution in [1.82, 2.24) is 4.72 Å². The molecule has 0 unspecified atom stereocenters. The van der Waals surface area contributed by atoms with E-state index >= 15 is 0 Å². The van der Waals surface area contributed by atoms with E-state index in [2.05, 4.69) is 24.7 Å². The van der Waals surface area contributed by atoms with Gasteiger partial charge in [-0.25, -0.2) is 13.1 Å². The van der Waals surface area contributed by atoms with Crippen LogP contribution in [0.1, 0.15) is 71.9 Å². The molecule has 0 saturated heterocycles. The van der Waals surface area contributed by atoms with Crippen molar-refractivity contribution in [3.8, 4) is 11.5 Å². The van der Waals surface area contributed by atoms with Crippen LogP contribution >= 0.6 is 35.2 Å². The molecule has 0 atom stereocenters. The van der Waals surface area contributed by atoms with Gasteiger partial charge in [0.15, 0.2) is 0 Å². The molecule has 5 N–H and O–H groups in total. The number of sulfonamides is 1. The number of anilines is 2. The van der Waals surface area contributed by atoms with Crippen LogP contribution in [-0.4, -0.2) is 26.1 Å². The Kier molecular flexibility index (Phi) is 20.6. The Hall–Kier alpha value is -5.91. The highest BCUT2D eigenvalue weighted by Gasteiger charge is 2.22. The predicted molar refractivity (Wildman–Crippen MR) is 252 cm³/mol. The third-order valence-corrected chi connectivity index (χ3v) is 11.4. The maximum absolute atomic E-state index is 12.9. The summed E-state index contributed by atoms with van der Waals surface area (Å²) in [4.78, 5) is 42.2. The highest BCUT2D eigenvalue weighted by Crippen LogP contribution is 2.29. The molecule has 0 spiro atoms. The van der Waals surface area contributed by atoms with Gasteiger partial charge < -0.3 is 20.1 Å². The van der Waals surface area contributed by atoms with Crippen molar-refractivity contribution in [2.24, 2.45) is 5.90 Å². The summed E-state index contributed by atoms with van der Waals surface area (Å²) < 4.78 is 43.9. The smallest absolute Gasteiger partial charge is 0.266 e. The van der Waals surface area contributed by atoms with E-state index in [0.717, 1.165) is 36.0 Å². The largest absolute Gasteiger partial charge is 0.489 e. The van der Waals surface area contributed by atoms with Crippen LogP contribution in [0, 0.1) is 0 Å². The Morgan fingerprint density at radius 3 is 1.67 bits per heavy atom. The molecule has 0 heterocycles. The molecular weight excluding hydrogens is 900 g/mol. The third-order valence-electron chi connectivity index (χ3n) is 8.81. The van der Waals surface area contributed by atoms with Crippen molar-refractivity contribution in [3.63, 3.8) is 0 Å². The number of hydrogen-bond acceptors (Lipinski definition) is 11. The minimum Gasteiger partial charge on any atom is -0.489 e. The summed E-state index contributed by atoms with van der Waals surface area (Å²) in [5, 5.41) is 6.76. The normalized spacial score (nSPS) is 10.6. The Balaban J connectivity index is 0.000000283. The molecule has 3 amide bonds. The Labute approximate surface area is 387 Å². The van der Waals surface area contributed by atoms with Crippen molar-refractivity contribution < 1.29 is 41.6 Å². The molecule has 64 heavy (non-hydrogen) atoms. The number of carbonyl (C=O) groups excluding carboxylic acids is 3. The van der Waals surface area contributed by atoms with Gasteiger partial charge in [0.1, 0.15) is 29.6 Å². The van der Waals surface area contributed by atoms with Gasteiger partial charge in [-0.15, -0.1) is 9.32 Å². The Bertz CT molecular complexity index is 2570. The number of para-hydroxylation sites is 2. The average molecular weight is 948 g/mol. The first-order valence-electron chi connectivity index (χ1n) is 19.4. The summed E-state index contributed by atoms with van der Waals surface area (Å²) in [6.45, 7) is 2.66. The molecular formula is C47H48Cl2N4O9S2. The van der Waals surface area contributed by atoms with Crippen LogP contribution in [0.2, 0.25) is 10.0 Å². The first-order valence-corrected chi connectivity index (χ1v) is 22.4. The zero-order chi connectivity index (χ0) is 45.0. The van der Waals surface area contributed by atoms with Gasteiger partial charge in [0.2, 0.25) is 5.91 Å². The molecule has 6 aromatic rings. The number of nitrogens with two attached hydrogens (primary N) is 1. The van der Waals surface area contributed by atoms with Crippen LogP contribution in [0.15, 0.2) is 155 Å². The first kappa shape index (κ1) is 50.7. The lowest BCUT2D eigenvalue weighted by Crippen LogP contribution is -2.31. The Morgan fingerprint density at radius 1 is 0.641 bits per heavy atom. The summed E-state index contributed by atoms with van der Waals surface area (Å²) in [5.41, 5.74) is 3.28. The lowest BCUT2D eigenvalue weighted by Gasteiger charge is -2.13. The highest BCUT2D eigenvalue weighted by atomic mass is 35.5. The molecule has 0 aliphatic heterocycles. The van der Waals surface area contributed by atoms with Gasteiger partial charge in [-0.3, -0.25) is 14.4 Å². The van der Waals surface area contributed by atoms with E-state index in [1.54, 1.807) is 97.1 Å². The number of rotatable bonds is 19. The van der Waals surface area contributed by atoms with Gasteiger partial charge in [0, 0.05) is 27.6 Å². The zero-order valence-corrected chi connectivity index (χ0v) is 37.1. The molecule has 336 valence electrons. The van der Waals surface area contributed by atoms with Crippen LogP contribution in [-0.2, 0) is 37.4 Å². The fourth-order valence-electron chi connectivity index (χ4n) is 5.63. The number of amides is 3. The lowest BCUT2D eigenvalue weighted by atomic mass is 10.2. The molecule has 0 aliphatic carbocycles. The minimum atomic E-state index is -4.15. The molecule has 13 nitrogen and oxygen atoms in total. The molecule has 0 fully saturated rings. The fraction of sp³-hybridized carbons (Fsp3) is 0.170. The summed E-state index contributed by atoms with van der Waals surface area (Å²) in [5.74, 6) is 4.56. The second kappa shape index (κ2) is 26.0. The molecule has 6 aromatic carbocycles. The monoisotopic (exact) mass is 946 g/mol. The van der Waals surface area contributed by atoms with Gasteiger partial charge in [0.05, 0.1) is 28.3 Å². The maximum atomic E-state index is 12.9. The first-order chi connectivity index (χ1) is 30.4. The second-order valence-corrected chi connectivity index (χ2v) is 16.8. The molecule has 0 saturated carbocycles. The quantitative estimate of drug-likeness (QED) is 0.0262. The van der Waals surface area contributed by atoms with E-state index in [0.29, 0.717) is 57.3 Å². The third kappa shape index (κ3) is 16.3. The number of nitrogens with one attached hydrogen (secondary N) is 3. The van der Waals surface area contributed by atoms with Gasteiger partial charge in [-0.05, 0) is 102 Å². The van der Waals surface area contributed by atoms with E-state index in [-0.39, 0.29) is 35.9 Å². The number of benzene rings is 6. The average Bonchev–Trinajstić information content (AvgIpc) is 3.29. The summed E-state index contributed by atoms with van der Waals surface area (Å²) in [6.07, 6.45) is 2.47. The molecule has 6 rings (SSSR count). The maximum Gasteiger partial charge on any atom is 0.266 e. The Morgan fingerprint density at radius 2 is 1.14 bits per heavy atom. The standard InChI is InChI=1S/C26H27ClN2O5S.C20H17ClN2O4S.CH4/c1-2-3-4-12-25(30)29-35(32,33)24-11-6-5-10-23(24)28-26(31)20-8-7-9-22(17-20)34-18-19-13-15-21(27)16-14-19;21-16-10-8-14(9-11-16)13-25-17-5-3-4-15(12-17)20(24)23-18-6-1-2-7-19(18)28-27-26-22;/h5-11,13-17H,2-4,12,18H2,1H3,(H,28,31)(H,29,30);1-12H,13,22H2,(H,23,24);1H4. The predicted octanol–water partition coefficient (Wildman–Crippen LogP) is 11.2. The summed E-state index contributed by atoms with van der Waals surface area (Å²) >= 11 is 12.7. The summed E-state index contributed by atoms with van der Waals surface area (Å²) in [7, 11) is -4.15. The van der Waals surface area contributed by atoms with Crippen molar-refractivity contribution in [3.05, 3.63) is 178 Å². The second-order valence-electron chi connectivity index (χ2n) is 13.5. The van der Waals surface area contributed by atoms with Gasteiger partial charge >= 0.3 is 0 Å².